The zero-order valence-electron chi connectivity index (χ0n) is 8.33. The zero-order chi connectivity index (χ0) is 9.05. The van der Waals surface area contributed by atoms with Gasteiger partial charge in [-0.1, -0.05) is 0 Å². The van der Waals surface area contributed by atoms with Crippen LogP contribution in [0.5, 0.6) is 0 Å². The van der Waals surface area contributed by atoms with E-state index >= 15 is 0 Å². The third-order valence-corrected chi connectivity index (χ3v) is 4.85. The lowest BCUT2D eigenvalue weighted by molar-refractivity contribution is 0.0961. The van der Waals surface area contributed by atoms with Gasteiger partial charge in [-0.25, -0.2) is 0 Å². The molecule has 74 valence electrons. The fraction of sp³-hybridized carbons (Fsp3) is 1.00. The fourth-order valence-corrected chi connectivity index (χ4v) is 3.95. The number of hydrogen-bond acceptors (Lipinski definition) is 2. The molecule has 2 nitrogen and oxygen atoms in total. The molecular weight excluding hydrogens is 162 g/mol. The Labute approximate surface area is 79.8 Å². The Bertz CT molecular complexity index is 224. The fourth-order valence-electron chi connectivity index (χ4n) is 3.95. The predicted octanol–water partition coefficient (Wildman–Crippen LogP) is 1.54. The molecule has 0 radical (unpaired) electrons. The van der Waals surface area contributed by atoms with Gasteiger partial charge in [0, 0.05) is 13.2 Å². The van der Waals surface area contributed by atoms with Gasteiger partial charge in [0.05, 0.1) is 6.10 Å². The van der Waals surface area contributed by atoms with Crippen LogP contribution in [0.2, 0.25) is 0 Å². The zero-order valence-corrected chi connectivity index (χ0v) is 8.33. The van der Waals surface area contributed by atoms with E-state index in [0.717, 1.165) is 11.8 Å². The van der Waals surface area contributed by atoms with Crippen LogP contribution in [-0.4, -0.2) is 19.3 Å². The molecule has 0 aromatic carbocycles. The first-order valence-electron chi connectivity index (χ1n) is 5.54. The molecule has 3 aliphatic rings. The monoisotopic (exact) mass is 181 g/mol. The molecule has 2 unspecified atom stereocenters. The van der Waals surface area contributed by atoms with Gasteiger partial charge in [0.1, 0.15) is 0 Å². The first-order chi connectivity index (χ1) is 6.26. The smallest absolute Gasteiger partial charge is 0.0577 e. The Hall–Kier alpha value is -0.0800. The van der Waals surface area contributed by atoms with E-state index in [2.05, 4.69) is 0 Å². The van der Waals surface area contributed by atoms with Gasteiger partial charge in [0.2, 0.25) is 0 Å². The first-order valence-corrected chi connectivity index (χ1v) is 5.54. The number of methoxy groups -OCH3 is 1. The molecule has 0 aromatic rings. The summed E-state index contributed by atoms with van der Waals surface area (Å²) >= 11 is 0. The molecule has 0 amide bonds. The van der Waals surface area contributed by atoms with E-state index in [0.29, 0.717) is 17.6 Å². The summed E-state index contributed by atoms with van der Waals surface area (Å²) in [4.78, 5) is 0. The summed E-state index contributed by atoms with van der Waals surface area (Å²) in [5.41, 5.74) is 6.79. The second-order valence-electron chi connectivity index (χ2n) is 5.27. The van der Waals surface area contributed by atoms with Crippen LogP contribution in [0, 0.1) is 17.3 Å². The largest absolute Gasteiger partial charge is 0.381 e. The second-order valence-corrected chi connectivity index (χ2v) is 5.27. The van der Waals surface area contributed by atoms with E-state index in [9.17, 15) is 0 Å². The van der Waals surface area contributed by atoms with Gasteiger partial charge >= 0.3 is 0 Å². The molecule has 3 aliphatic carbocycles. The first kappa shape index (κ1) is 8.25. The number of nitrogens with two attached hydrogens (primary N) is 1. The Morgan fingerprint density at radius 3 is 2.62 bits per heavy atom. The van der Waals surface area contributed by atoms with Crippen molar-refractivity contribution in [3.05, 3.63) is 0 Å². The average Bonchev–Trinajstić information content (AvgIpc) is 2.77. The van der Waals surface area contributed by atoms with Gasteiger partial charge in [0.25, 0.3) is 0 Å². The van der Waals surface area contributed by atoms with Crippen molar-refractivity contribution < 1.29 is 4.74 Å². The van der Waals surface area contributed by atoms with E-state index in [1.165, 1.54) is 32.1 Å². The summed E-state index contributed by atoms with van der Waals surface area (Å²) in [5, 5.41) is 0. The molecular formula is C11H19NO. The molecule has 2 N–H and O–H groups in total. The highest BCUT2D eigenvalue weighted by atomic mass is 16.5. The predicted molar refractivity (Wildman–Crippen MR) is 51.3 cm³/mol. The van der Waals surface area contributed by atoms with E-state index < -0.39 is 0 Å². The normalized spacial score (nSPS) is 51.2. The van der Waals surface area contributed by atoms with Gasteiger partial charge < -0.3 is 10.5 Å². The van der Waals surface area contributed by atoms with Crippen LogP contribution in [0.25, 0.3) is 0 Å². The summed E-state index contributed by atoms with van der Waals surface area (Å²) in [6.45, 7) is 0. The van der Waals surface area contributed by atoms with Crippen LogP contribution in [0.15, 0.2) is 0 Å². The van der Waals surface area contributed by atoms with Crippen molar-refractivity contribution in [2.75, 3.05) is 7.11 Å². The third-order valence-electron chi connectivity index (χ3n) is 4.85. The van der Waals surface area contributed by atoms with E-state index in [4.69, 9.17) is 10.5 Å². The summed E-state index contributed by atoms with van der Waals surface area (Å²) in [6.07, 6.45) is 7.16. The molecule has 3 rings (SSSR count). The van der Waals surface area contributed by atoms with Crippen molar-refractivity contribution >= 4 is 0 Å². The van der Waals surface area contributed by atoms with Crippen molar-refractivity contribution in [3.8, 4) is 0 Å². The van der Waals surface area contributed by atoms with Crippen molar-refractivity contribution in [1.82, 2.24) is 0 Å². The maximum Gasteiger partial charge on any atom is 0.0577 e. The average molecular weight is 181 g/mol. The molecule has 0 saturated heterocycles. The minimum Gasteiger partial charge on any atom is -0.381 e. The molecule has 3 saturated carbocycles. The molecule has 0 aliphatic heterocycles. The van der Waals surface area contributed by atoms with Crippen LogP contribution < -0.4 is 5.73 Å². The molecule has 13 heavy (non-hydrogen) atoms. The minimum atomic E-state index is 0.514. The Morgan fingerprint density at radius 1 is 1.23 bits per heavy atom. The lowest BCUT2D eigenvalue weighted by Gasteiger charge is -2.21. The van der Waals surface area contributed by atoms with E-state index in [1.807, 2.05) is 7.11 Å². The lowest BCUT2D eigenvalue weighted by atomic mass is 9.88. The summed E-state index contributed by atoms with van der Waals surface area (Å²) in [6, 6.07) is 0.514. The summed E-state index contributed by atoms with van der Waals surface area (Å²) in [5.74, 6) is 1.80. The molecule has 4 atom stereocenters. The quantitative estimate of drug-likeness (QED) is 0.666. The van der Waals surface area contributed by atoms with Crippen molar-refractivity contribution in [2.45, 2.75) is 44.2 Å². The SMILES string of the molecule is COC1C[C@@H]2CC(N)C3(CC3)[C@@H]2C1. The number of fused-ring (bicyclic) bond motifs is 2. The number of hydrogen-bond donors (Lipinski definition) is 1. The van der Waals surface area contributed by atoms with Crippen LogP contribution in [0.4, 0.5) is 0 Å². The molecule has 3 fully saturated rings. The lowest BCUT2D eigenvalue weighted by Crippen LogP contribution is -2.30. The molecule has 1 spiro atoms. The number of ether oxygens (including phenoxy) is 1. The topological polar surface area (TPSA) is 35.2 Å². The molecule has 0 bridgehead atoms. The molecule has 0 heterocycles. The van der Waals surface area contributed by atoms with E-state index in [1.54, 1.807) is 0 Å². The van der Waals surface area contributed by atoms with Gasteiger partial charge in [-0.15, -0.1) is 0 Å². The third kappa shape index (κ3) is 0.962. The highest BCUT2D eigenvalue weighted by Crippen LogP contribution is 2.66. The maximum absolute atomic E-state index is 6.21. The standard InChI is InChI=1S/C11H19NO/c1-13-8-4-7-5-10(12)11(2-3-11)9(7)6-8/h7-10H,2-6,12H2,1H3/t7-,8?,9-,10?/m1/s1. The van der Waals surface area contributed by atoms with Gasteiger partial charge in [-0.3, -0.25) is 0 Å². The second kappa shape index (κ2) is 2.48. The molecule has 2 heteroatoms. The van der Waals surface area contributed by atoms with Crippen LogP contribution in [0.3, 0.4) is 0 Å². The highest BCUT2D eigenvalue weighted by molar-refractivity contribution is 5.14. The Morgan fingerprint density at radius 2 is 2.00 bits per heavy atom. The van der Waals surface area contributed by atoms with Gasteiger partial charge in [-0.2, -0.15) is 0 Å². The van der Waals surface area contributed by atoms with Gasteiger partial charge in [-0.05, 0) is 49.4 Å². The minimum absolute atomic E-state index is 0.514. The van der Waals surface area contributed by atoms with Crippen molar-refractivity contribution in [3.63, 3.8) is 0 Å². The summed E-state index contributed by atoms with van der Waals surface area (Å²) in [7, 11) is 1.85. The number of rotatable bonds is 1. The van der Waals surface area contributed by atoms with Crippen LogP contribution >= 0.6 is 0 Å². The van der Waals surface area contributed by atoms with Crippen LogP contribution in [0.1, 0.15) is 32.1 Å². The van der Waals surface area contributed by atoms with Crippen LogP contribution in [-0.2, 0) is 4.74 Å². The molecule has 0 aromatic heterocycles. The Balaban J connectivity index is 1.80. The summed E-state index contributed by atoms with van der Waals surface area (Å²) < 4.78 is 5.46. The van der Waals surface area contributed by atoms with Crippen molar-refractivity contribution in [1.29, 1.82) is 0 Å². The van der Waals surface area contributed by atoms with E-state index in [-0.39, 0.29) is 0 Å². The van der Waals surface area contributed by atoms with Crippen molar-refractivity contribution in [2.24, 2.45) is 23.0 Å². The maximum atomic E-state index is 6.21. The Kier molecular flexibility index (Phi) is 1.58. The van der Waals surface area contributed by atoms with Gasteiger partial charge in [0.15, 0.2) is 0 Å². The highest BCUT2D eigenvalue weighted by Gasteiger charge is 2.62.